The maximum absolute atomic E-state index is 12.9. The molecular weight excluding hydrogens is 339 g/mol. The number of halogens is 3. The molecule has 2 aromatic heterocycles. The number of benzene rings is 1. The van der Waals surface area contributed by atoms with Crippen LogP contribution >= 0.6 is 11.3 Å². The van der Waals surface area contributed by atoms with Crippen molar-refractivity contribution in [3.05, 3.63) is 66.1 Å². The summed E-state index contributed by atoms with van der Waals surface area (Å²) in [6.07, 6.45) is -1.45. The van der Waals surface area contributed by atoms with Gasteiger partial charge in [-0.1, -0.05) is 41.7 Å². The lowest BCUT2D eigenvalue weighted by Crippen LogP contribution is -2.18. The summed E-state index contributed by atoms with van der Waals surface area (Å²) in [4.78, 5) is 19.8. The van der Waals surface area contributed by atoms with Crippen molar-refractivity contribution in [3.8, 4) is 10.6 Å². The summed E-state index contributed by atoms with van der Waals surface area (Å²) in [5, 5.41) is 3.48. The predicted octanol–water partition coefficient (Wildman–Crippen LogP) is 4.48. The Morgan fingerprint density at radius 2 is 1.83 bits per heavy atom. The Hall–Kier alpha value is -2.74. The number of amides is 1. The van der Waals surface area contributed by atoms with E-state index in [2.05, 4.69) is 15.3 Å². The molecule has 0 spiro atoms. The van der Waals surface area contributed by atoms with Gasteiger partial charge in [0.05, 0.1) is 17.3 Å². The number of anilines is 1. The smallest absolute Gasteiger partial charge is 0.312 e. The van der Waals surface area contributed by atoms with Crippen LogP contribution in [-0.2, 0) is 6.18 Å². The first-order valence-corrected chi connectivity index (χ1v) is 7.60. The normalized spacial score (nSPS) is 11.3. The molecule has 0 saturated carbocycles. The molecule has 24 heavy (non-hydrogen) atoms. The first-order valence-electron chi connectivity index (χ1n) is 6.79. The number of nitrogens with one attached hydrogen (secondary N) is 1. The van der Waals surface area contributed by atoms with Crippen LogP contribution in [0.15, 0.2) is 55.0 Å². The minimum absolute atomic E-state index is 0.365. The fraction of sp³-hybridized carbons (Fsp3) is 0.0625. The average molecular weight is 349 g/mol. The van der Waals surface area contributed by atoms with Gasteiger partial charge in [-0.25, -0.2) is 4.98 Å². The first kappa shape index (κ1) is 16.1. The Morgan fingerprint density at radius 1 is 1.08 bits per heavy atom. The molecule has 2 heterocycles. The molecule has 0 atom stereocenters. The first-order chi connectivity index (χ1) is 11.4. The van der Waals surface area contributed by atoms with Crippen molar-refractivity contribution in [1.82, 2.24) is 9.97 Å². The highest BCUT2D eigenvalue weighted by Crippen LogP contribution is 2.32. The summed E-state index contributed by atoms with van der Waals surface area (Å²) >= 11 is 1.18. The van der Waals surface area contributed by atoms with Crippen molar-refractivity contribution in [2.24, 2.45) is 0 Å². The summed E-state index contributed by atoms with van der Waals surface area (Å²) in [5.41, 5.74) is -0.689. The molecule has 122 valence electrons. The fourth-order valence-corrected chi connectivity index (χ4v) is 2.86. The molecule has 4 nitrogen and oxygen atoms in total. The Bertz CT molecular complexity index is 862. The van der Waals surface area contributed by atoms with Gasteiger partial charge in [0.25, 0.3) is 5.91 Å². The van der Waals surface area contributed by atoms with E-state index in [1.807, 2.05) is 30.3 Å². The van der Waals surface area contributed by atoms with Gasteiger partial charge < -0.3 is 5.32 Å². The molecule has 0 aliphatic carbocycles. The number of aromatic nitrogens is 2. The van der Waals surface area contributed by atoms with Crippen LogP contribution in [-0.4, -0.2) is 15.9 Å². The van der Waals surface area contributed by atoms with Gasteiger partial charge in [0.1, 0.15) is 10.0 Å². The van der Waals surface area contributed by atoms with Crippen LogP contribution in [0.5, 0.6) is 0 Å². The molecule has 3 rings (SSSR count). The van der Waals surface area contributed by atoms with E-state index in [0.29, 0.717) is 16.2 Å². The lowest BCUT2D eigenvalue weighted by Gasteiger charge is -2.11. The van der Waals surface area contributed by atoms with Crippen molar-refractivity contribution in [3.63, 3.8) is 0 Å². The summed E-state index contributed by atoms with van der Waals surface area (Å²) in [7, 11) is 0. The molecule has 0 saturated heterocycles. The second-order valence-electron chi connectivity index (χ2n) is 4.77. The Kier molecular flexibility index (Phi) is 4.30. The van der Waals surface area contributed by atoms with E-state index in [1.54, 1.807) is 0 Å². The lowest BCUT2D eigenvalue weighted by atomic mass is 10.1. The second-order valence-corrected chi connectivity index (χ2v) is 5.80. The van der Waals surface area contributed by atoms with Gasteiger partial charge in [-0.15, -0.1) is 0 Å². The number of carbonyl (C=O) groups is 1. The number of carbonyl (C=O) groups excluding carboxylic acids is 1. The van der Waals surface area contributed by atoms with Gasteiger partial charge in [0.15, 0.2) is 0 Å². The van der Waals surface area contributed by atoms with Crippen LogP contribution in [0, 0.1) is 0 Å². The van der Waals surface area contributed by atoms with Gasteiger partial charge in [0.2, 0.25) is 0 Å². The summed E-state index contributed by atoms with van der Waals surface area (Å²) in [5.74, 6) is -0.854. The molecule has 0 unspecified atom stereocenters. The van der Waals surface area contributed by atoms with E-state index in [-0.39, 0.29) is 0 Å². The van der Waals surface area contributed by atoms with Crippen molar-refractivity contribution < 1.29 is 18.0 Å². The van der Waals surface area contributed by atoms with E-state index >= 15 is 0 Å². The molecule has 0 aliphatic heterocycles. The molecule has 0 radical (unpaired) electrons. The monoisotopic (exact) mass is 349 g/mol. The minimum Gasteiger partial charge on any atom is -0.312 e. The standard InChI is InChI=1S/C16H10F3N3OS/c17-16(18,19)12-8-20-7-6-11(12)14(23)22-13-9-21-15(24-13)10-4-2-1-3-5-10/h1-9H,(H,22,23). The molecule has 0 fully saturated rings. The maximum Gasteiger partial charge on any atom is 0.418 e. The summed E-state index contributed by atoms with van der Waals surface area (Å²) in [6, 6.07) is 10.3. The van der Waals surface area contributed by atoms with E-state index < -0.39 is 23.2 Å². The lowest BCUT2D eigenvalue weighted by molar-refractivity contribution is -0.138. The fourth-order valence-electron chi connectivity index (χ4n) is 2.04. The molecule has 0 aliphatic rings. The number of hydrogen-bond acceptors (Lipinski definition) is 4. The van der Waals surface area contributed by atoms with Crippen LogP contribution in [0.1, 0.15) is 15.9 Å². The van der Waals surface area contributed by atoms with E-state index in [0.717, 1.165) is 17.8 Å². The number of pyridine rings is 1. The Labute approximate surface area is 139 Å². The highest BCUT2D eigenvalue weighted by molar-refractivity contribution is 7.19. The van der Waals surface area contributed by atoms with Crippen molar-refractivity contribution in [2.45, 2.75) is 6.18 Å². The van der Waals surface area contributed by atoms with Crippen LogP contribution in [0.25, 0.3) is 10.6 Å². The zero-order valence-electron chi connectivity index (χ0n) is 12.0. The number of rotatable bonds is 3. The maximum atomic E-state index is 12.9. The summed E-state index contributed by atoms with van der Waals surface area (Å²) in [6.45, 7) is 0. The minimum atomic E-state index is -4.65. The van der Waals surface area contributed by atoms with E-state index in [9.17, 15) is 18.0 Å². The highest BCUT2D eigenvalue weighted by Gasteiger charge is 2.35. The van der Waals surface area contributed by atoms with Crippen molar-refractivity contribution in [1.29, 1.82) is 0 Å². The van der Waals surface area contributed by atoms with Crippen molar-refractivity contribution >= 4 is 22.2 Å². The van der Waals surface area contributed by atoms with Crippen LogP contribution < -0.4 is 5.32 Å². The highest BCUT2D eigenvalue weighted by atomic mass is 32.1. The topological polar surface area (TPSA) is 54.9 Å². The van der Waals surface area contributed by atoms with Gasteiger partial charge in [-0.3, -0.25) is 9.78 Å². The van der Waals surface area contributed by atoms with E-state index in [4.69, 9.17) is 0 Å². The molecule has 3 aromatic rings. The zero-order valence-corrected chi connectivity index (χ0v) is 12.9. The average Bonchev–Trinajstić information content (AvgIpc) is 3.03. The Morgan fingerprint density at radius 3 is 2.54 bits per heavy atom. The Balaban J connectivity index is 1.83. The third-order valence-corrected chi connectivity index (χ3v) is 4.10. The van der Waals surface area contributed by atoms with Crippen LogP contribution in [0.3, 0.4) is 0 Å². The molecule has 1 N–H and O–H groups in total. The molecule has 0 bridgehead atoms. The third kappa shape index (κ3) is 3.43. The number of hydrogen-bond donors (Lipinski definition) is 1. The van der Waals surface area contributed by atoms with Gasteiger partial charge in [-0.2, -0.15) is 13.2 Å². The quantitative estimate of drug-likeness (QED) is 0.759. The molecule has 1 aromatic carbocycles. The number of nitrogens with zero attached hydrogens (tertiary/aromatic N) is 2. The van der Waals surface area contributed by atoms with E-state index in [1.165, 1.54) is 17.5 Å². The number of thiazole rings is 1. The molecule has 1 amide bonds. The number of alkyl halides is 3. The van der Waals surface area contributed by atoms with Gasteiger partial charge in [-0.05, 0) is 6.07 Å². The van der Waals surface area contributed by atoms with Gasteiger partial charge >= 0.3 is 6.18 Å². The zero-order chi connectivity index (χ0) is 17.2. The van der Waals surface area contributed by atoms with Crippen molar-refractivity contribution in [2.75, 3.05) is 5.32 Å². The predicted molar refractivity (Wildman–Crippen MR) is 84.7 cm³/mol. The van der Waals surface area contributed by atoms with Gasteiger partial charge in [0, 0.05) is 18.0 Å². The molecule has 8 heteroatoms. The van der Waals surface area contributed by atoms with Crippen LogP contribution in [0.4, 0.5) is 18.2 Å². The third-order valence-electron chi connectivity index (χ3n) is 3.13. The SMILES string of the molecule is O=C(Nc1cnc(-c2ccccc2)s1)c1ccncc1C(F)(F)F. The largest absolute Gasteiger partial charge is 0.418 e. The summed E-state index contributed by atoms with van der Waals surface area (Å²) < 4.78 is 38.8. The second kappa shape index (κ2) is 6.40. The molecular formula is C16H10F3N3OS. The van der Waals surface area contributed by atoms with Crippen LogP contribution in [0.2, 0.25) is 0 Å².